The highest BCUT2D eigenvalue weighted by atomic mass is 32.2. The third-order valence-electron chi connectivity index (χ3n) is 2.15. The van der Waals surface area contributed by atoms with E-state index in [9.17, 15) is 4.21 Å². The Kier molecular flexibility index (Phi) is 3.48. The van der Waals surface area contributed by atoms with Crippen LogP contribution < -0.4 is 4.90 Å². The normalized spacial score (nSPS) is 18.6. The van der Waals surface area contributed by atoms with E-state index in [1.807, 2.05) is 19.1 Å². The van der Waals surface area contributed by atoms with Crippen molar-refractivity contribution in [3.63, 3.8) is 0 Å². The number of aromatic nitrogens is 1. The first-order valence-electron chi connectivity index (χ1n) is 5.08. The number of nitrogens with zero attached hydrogens (tertiary/aromatic N) is 4. The van der Waals surface area contributed by atoms with E-state index in [0.29, 0.717) is 18.3 Å². The van der Waals surface area contributed by atoms with Gasteiger partial charge in [0.15, 0.2) is 0 Å². The molecule has 0 amide bonds. The molecule has 0 spiro atoms. The first kappa shape index (κ1) is 11.7. The predicted octanol–water partition coefficient (Wildman–Crippen LogP) is 0.944. The predicted molar refractivity (Wildman–Crippen MR) is 67.3 cm³/mol. The van der Waals surface area contributed by atoms with Crippen LogP contribution in [-0.2, 0) is 15.9 Å². The van der Waals surface area contributed by atoms with E-state index in [1.54, 1.807) is 24.3 Å². The Morgan fingerprint density at radius 1 is 1.47 bits per heavy atom. The highest BCUT2D eigenvalue weighted by molar-refractivity contribution is 7.83. The maximum absolute atomic E-state index is 11.3. The third kappa shape index (κ3) is 2.50. The highest BCUT2D eigenvalue weighted by Gasteiger charge is 2.24. The lowest BCUT2D eigenvalue weighted by Gasteiger charge is -2.18. The van der Waals surface area contributed by atoms with Gasteiger partial charge in [0.1, 0.15) is 0 Å². The summed E-state index contributed by atoms with van der Waals surface area (Å²) in [5.74, 6) is 0.760. The fraction of sp³-hybridized carbons (Fsp3) is 0.300. The van der Waals surface area contributed by atoms with Crippen molar-refractivity contribution in [2.75, 3.05) is 18.6 Å². The molecule has 1 aliphatic rings. The average molecular weight is 252 g/mol. The minimum absolute atomic E-state index is 0.303. The molecule has 1 aromatic heterocycles. The van der Waals surface area contributed by atoms with Crippen LogP contribution in [0.2, 0.25) is 0 Å². The molecule has 0 fully saturated rings. The Hall–Kier alpha value is -1.76. The van der Waals surface area contributed by atoms with E-state index in [1.165, 1.54) is 0 Å². The van der Waals surface area contributed by atoms with Crippen LogP contribution in [0.3, 0.4) is 0 Å². The number of hydrogen-bond acceptors (Lipinski definition) is 4. The van der Waals surface area contributed by atoms with Gasteiger partial charge < -0.3 is 9.64 Å². The smallest absolute Gasteiger partial charge is 0.271 e. The number of hydrogen-bond donors (Lipinski definition) is 0. The molecule has 0 saturated carbocycles. The summed E-state index contributed by atoms with van der Waals surface area (Å²) in [5.41, 5.74) is 0.831. The van der Waals surface area contributed by atoms with E-state index in [2.05, 4.69) is 13.8 Å². The highest BCUT2D eigenvalue weighted by Crippen LogP contribution is 2.15. The second-order valence-corrected chi connectivity index (χ2v) is 4.07. The van der Waals surface area contributed by atoms with Gasteiger partial charge in [-0.1, -0.05) is 0 Å². The Morgan fingerprint density at radius 3 is 2.94 bits per heavy atom. The molecule has 0 aliphatic carbocycles. The SMILES string of the molecule is CCOC1=NS(=O)N=C1N(C)c1cccnc1. The molecule has 0 aromatic carbocycles. The standard InChI is InChI=1S/C10H12N4O2S/c1-3-16-10-9(12-17(15)13-10)14(2)8-5-4-6-11-7-8/h4-7H,3H2,1-2H3. The molecule has 0 N–H and O–H groups in total. The lowest BCUT2D eigenvalue weighted by molar-refractivity contribution is 0.335. The lowest BCUT2D eigenvalue weighted by atomic mass is 10.3. The molecule has 2 rings (SSSR count). The molecule has 1 aromatic rings. The molecule has 2 heterocycles. The van der Waals surface area contributed by atoms with Crippen molar-refractivity contribution < 1.29 is 8.95 Å². The number of pyridine rings is 1. The molecular weight excluding hydrogens is 240 g/mol. The van der Waals surface area contributed by atoms with Crippen molar-refractivity contribution in [3.8, 4) is 0 Å². The largest absolute Gasteiger partial charge is 0.475 e. The Bertz CT molecular complexity index is 486. The molecule has 0 bridgehead atoms. The van der Waals surface area contributed by atoms with Crippen molar-refractivity contribution in [3.05, 3.63) is 24.5 Å². The van der Waals surface area contributed by atoms with Gasteiger partial charge in [-0.05, 0) is 19.1 Å². The zero-order valence-electron chi connectivity index (χ0n) is 9.53. The number of rotatable bonds is 2. The van der Waals surface area contributed by atoms with Gasteiger partial charge in [-0.25, -0.2) is 4.21 Å². The lowest BCUT2D eigenvalue weighted by Crippen LogP contribution is -2.33. The summed E-state index contributed by atoms with van der Waals surface area (Å²) in [6.45, 7) is 2.29. The summed E-state index contributed by atoms with van der Waals surface area (Å²) in [7, 11) is 1.80. The number of likely N-dealkylation sites (N-methyl/N-ethyl adjacent to an activating group) is 1. The van der Waals surface area contributed by atoms with Gasteiger partial charge in [-0.3, -0.25) is 4.98 Å². The van der Waals surface area contributed by atoms with Crippen molar-refractivity contribution in [1.82, 2.24) is 4.98 Å². The van der Waals surface area contributed by atoms with Crippen LogP contribution in [0.25, 0.3) is 0 Å². The first-order valence-corrected chi connectivity index (χ1v) is 6.15. The Morgan fingerprint density at radius 2 is 2.29 bits per heavy atom. The number of amidine groups is 1. The summed E-state index contributed by atoms with van der Waals surface area (Å²) < 4.78 is 24.3. The summed E-state index contributed by atoms with van der Waals surface area (Å²) >= 11 is -1.59. The van der Waals surface area contributed by atoms with Crippen LogP contribution in [0.5, 0.6) is 0 Å². The van der Waals surface area contributed by atoms with E-state index < -0.39 is 11.2 Å². The zero-order chi connectivity index (χ0) is 12.3. The molecule has 0 radical (unpaired) electrons. The van der Waals surface area contributed by atoms with Crippen LogP contribution in [0.15, 0.2) is 33.3 Å². The van der Waals surface area contributed by atoms with Crippen molar-refractivity contribution >= 4 is 28.6 Å². The molecule has 6 nitrogen and oxygen atoms in total. The van der Waals surface area contributed by atoms with Crippen LogP contribution in [0.1, 0.15) is 6.92 Å². The molecule has 1 unspecified atom stereocenters. The van der Waals surface area contributed by atoms with Gasteiger partial charge in [-0.15, -0.1) is 8.80 Å². The van der Waals surface area contributed by atoms with Gasteiger partial charge in [0.2, 0.25) is 5.84 Å². The van der Waals surface area contributed by atoms with E-state index in [0.717, 1.165) is 5.69 Å². The Labute approximate surface area is 102 Å². The molecule has 90 valence electrons. The van der Waals surface area contributed by atoms with Crippen molar-refractivity contribution in [1.29, 1.82) is 0 Å². The fourth-order valence-corrected chi connectivity index (χ4v) is 2.02. The topological polar surface area (TPSA) is 67.2 Å². The maximum Gasteiger partial charge on any atom is 0.271 e. The van der Waals surface area contributed by atoms with Crippen LogP contribution in [-0.4, -0.2) is 34.6 Å². The fourth-order valence-electron chi connectivity index (χ4n) is 1.35. The monoisotopic (exact) mass is 252 g/mol. The molecule has 1 aliphatic heterocycles. The third-order valence-corrected chi connectivity index (χ3v) is 2.80. The average Bonchev–Trinajstić information content (AvgIpc) is 2.71. The van der Waals surface area contributed by atoms with E-state index in [4.69, 9.17) is 4.74 Å². The second kappa shape index (κ2) is 5.05. The summed E-state index contributed by atoms with van der Waals surface area (Å²) in [5, 5.41) is 0. The van der Waals surface area contributed by atoms with Gasteiger partial charge in [0, 0.05) is 13.2 Å². The first-order chi connectivity index (χ1) is 8.22. The minimum Gasteiger partial charge on any atom is -0.475 e. The quantitative estimate of drug-likeness (QED) is 0.785. The molecule has 1 atom stereocenters. The van der Waals surface area contributed by atoms with E-state index >= 15 is 0 Å². The van der Waals surface area contributed by atoms with Gasteiger partial charge in [0.05, 0.1) is 18.5 Å². The van der Waals surface area contributed by atoms with E-state index in [-0.39, 0.29) is 0 Å². The van der Waals surface area contributed by atoms with Crippen molar-refractivity contribution in [2.45, 2.75) is 6.92 Å². The summed E-state index contributed by atoms with van der Waals surface area (Å²) in [4.78, 5) is 5.76. The number of ether oxygens (including phenoxy) is 1. The molecule has 17 heavy (non-hydrogen) atoms. The molecule has 7 heteroatoms. The number of anilines is 1. The maximum atomic E-state index is 11.3. The molecule has 0 saturated heterocycles. The second-order valence-electron chi connectivity index (χ2n) is 3.25. The molecular formula is C10H12N4O2S. The van der Waals surface area contributed by atoms with Crippen LogP contribution >= 0.6 is 0 Å². The summed E-state index contributed by atoms with van der Waals surface area (Å²) in [6, 6.07) is 3.69. The van der Waals surface area contributed by atoms with Crippen LogP contribution in [0.4, 0.5) is 5.69 Å². The minimum atomic E-state index is -1.59. The van der Waals surface area contributed by atoms with Crippen molar-refractivity contribution in [2.24, 2.45) is 8.80 Å². The van der Waals surface area contributed by atoms with Gasteiger partial charge in [0.25, 0.3) is 17.1 Å². The van der Waals surface area contributed by atoms with Gasteiger partial charge >= 0.3 is 0 Å². The van der Waals surface area contributed by atoms with Gasteiger partial charge in [-0.2, -0.15) is 0 Å². The van der Waals surface area contributed by atoms with Crippen LogP contribution in [0, 0.1) is 0 Å². The summed E-state index contributed by atoms with van der Waals surface area (Å²) in [6.07, 6.45) is 3.37. The Balaban J connectivity index is 2.26. The zero-order valence-corrected chi connectivity index (χ0v) is 10.3.